The lowest BCUT2D eigenvalue weighted by atomic mass is 9.81. The molecule has 4 atom stereocenters. The van der Waals surface area contributed by atoms with Gasteiger partial charge in [-0.2, -0.15) is 31.2 Å². The zero-order valence-electron chi connectivity index (χ0n) is 21.7. The van der Waals surface area contributed by atoms with Crippen LogP contribution in [0, 0.1) is 16.6 Å². The third-order valence-corrected chi connectivity index (χ3v) is 7.69. The van der Waals surface area contributed by atoms with E-state index < -0.39 is 41.1 Å². The summed E-state index contributed by atoms with van der Waals surface area (Å²) >= 11 is 0. The van der Waals surface area contributed by atoms with Crippen molar-refractivity contribution in [3.8, 4) is 0 Å². The molecule has 5 nitrogen and oxygen atoms in total. The van der Waals surface area contributed by atoms with Gasteiger partial charge in [0.05, 0.1) is 16.7 Å². The van der Waals surface area contributed by atoms with Gasteiger partial charge in [-0.3, -0.25) is 9.69 Å². The number of carbonyl (C=O) groups excluding carboxylic acids is 1. The molecule has 1 heterocycles. The Morgan fingerprint density at radius 1 is 0.974 bits per heavy atom. The molecule has 0 bridgehead atoms. The quantitative estimate of drug-likeness (QED) is 0.319. The summed E-state index contributed by atoms with van der Waals surface area (Å²) in [7, 11) is 3.93. The summed E-state index contributed by atoms with van der Waals surface area (Å²) in [5.74, 6) is 0.825. The van der Waals surface area contributed by atoms with Crippen LogP contribution in [0.25, 0.3) is 0 Å². The smallest absolute Gasteiger partial charge is 0.351 e. The average Bonchev–Trinajstić information content (AvgIpc) is 3.44. The number of amides is 1. The summed E-state index contributed by atoms with van der Waals surface area (Å²) in [6.07, 6.45) is -5.52. The van der Waals surface area contributed by atoms with Crippen molar-refractivity contribution in [1.29, 1.82) is 0 Å². The topological polar surface area (TPSA) is 61.8 Å². The summed E-state index contributed by atoms with van der Waals surface area (Å²) in [6.45, 7) is 1.27. The van der Waals surface area contributed by atoms with E-state index in [1.165, 1.54) is 12.0 Å². The van der Waals surface area contributed by atoms with E-state index in [4.69, 9.17) is 0 Å². The van der Waals surface area contributed by atoms with Crippen molar-refractivity contribution in [2.24, 2.45) is 11.1 Å². The van der Waals surface area contributed by atoms with Gasteiger partial charge in [0.2, 0.25) is 5.91 Å². The van der Waals surface area contributed by atoms with Gasteiger partial charge in [-0.05, 0) is 93.6 Å². The SMILES string of the molecule is CN(C)[C@]1(C)C[C@H](C2CCCC2c2ccc(F)cc2)NC1=O.O=NCc1cc(C(F)(F)F)cc(C(F)(F)F)c1. The predicted octanol–water partition coefficient (Wildman–Crippen LogP) is 6.91. The number of nitrogens with zero attached hydrogens (tertiary/aromatic N) is 2. The molecule has 1 saturated heterocycles. The van der Waals surface area contributed by atoms with E-state index >= 15 is 0 Å². The van der Waals surface area contributed by atoms with Gasteiger partial charge in [0.25, 0.3) is 0 Å². The van der Waals surface area contributed by atoms with Crippen LogP contribution in [0.2, 0.25) is 0 Å². The highest BCUT2D eigenvalue weighted by molar-refractivity contribution is 5.88. The van der Waals surface area contributed by atoms with Crippen LogP contribution in [0.4, 0.5) is 30.7 Å². The second-order valence-electron chi connectivity index (χ2n) is 10.4. The van der Waals surface area contributed by atoms with Gasteiger partial charge in [-0.1, -0.05) is 23.7 Å². The minimum atomic E-state index is -4.90. The monoisotopic (exact) mass is 561 g/mol. The normalized spacial score (nSPS) is 25.3. The van der Waals surface area contributed by atoms with Gasteiger partial charge >= 0.3 is 12.4 Å². The molecule has 2 aliphatic rings. The molecule has 0 spiro atoms. The standard InChI is InChI=1S/C18H25FN2O.C9H5F6NO/c1-18(21(2)3)11-16(20-17(18)22)15-6-4-5-14(15)12-7-9-13(19)10-8-12;10-8(11,12)6-1-5(4-16-17)2-7(3-6)9(13,14)15/h7-10,14-16H,4-6,11H2,1-3H3,(H,20,22);1-3H,4H2/t14?,15?,16-,18-;/m1./s1. The fourth-order valence-electron chi connectivity index (χ4n) is 5.32. The number of hydrogen-bond acceptors (Lipinski definition) is 4. The average molecular weight is 562 g/mol. The summed E-state index contributed by atoms with van der Waals surface area (Å²) < 4.78 is 87.0. The Morgan fingerprint density at radius 2 is 1.54 bits per heavy atom. The summed E-state index contributed by atoms with van der Waals surface area (Å²) in [6, 6.07) is 8.05. The molecule has 1 aliphatic heterocycles. The fraction of sp³-hybridized carbons (Fsp3) is 0.519. The van der Waals surface area contributed by atoms with Crippen LogP contribution in [0.5, 0.6) is 0 Å². The van der Waals surface area contributed by atoms with Crippen LogP contribution in [0.1, 0.15) is 60.8 Å². The molecular formula is C27H30F7N3O2. The van der Waals surface area contributed by atoms with Crippen molar-refractivity contribution in [2.75, 3.05) is 14.1 Å². The van der Waals surface area contributed by atoms with Crippen molar-refractivity contribution >= 4 is 5.91 Å². The van der Waals surface area contributed by atoms with E-state index in [2.05, 4.69) is 10.5 Å². The van der Waals surface area contributed by atoms with E-state index in [0.29, 0.717) is 24.0 Å². The van der Waals surface area contributed by atoms with Gasteiger partial charge in [-0.25, -0.2) is 4.39 Å². The number of nitroso groups, excluding NO2 is 1. The van der Waals surface area contributed by atoms with Crippen molar-refractivity contribution in [3.05, 3.63) is 75.4 Å². The van der Waals surface area contributed by atoms with Crippen molar-refractivity contribution in [1.82, 2.24) is 10.2 Å². The first-order chi connectivity index (χ1) is 18.1. The van der Waals surface area contributed by atoms with E-state index in [0.717, 1.165) is 19.3 Å². The number of rotatable bonds is 5. The van der Waals surface area contributed by atoms with Gasteiger partial charge in [0.1, 0.15) is 12.4 Å². The van der Waals surface area contributed by atoms with Crippen LogP contribution in [0.3, 0.4) is 0 Å². The molecule has 1 N–H and O–H groups in total. The lowest BCUT2D eigenvalue weighted by Gasteiger charge is -2.30. The maximum atomic E-state index is 13.2. The van der Waals surface area contributed by atoms with Crippen molar-refractivity contribution in [2.45, 2.75) is 69.0 Å². The molecule has 12 heteroatoms. The Hall–Kier alpha value is -3.02. The first-order valence-corrected chi connectivity index (χ1v) is 12.4. The van der Waals surface area contributed by atoms with Crippen LogP contribution in [-0.4, -0.2) is 36.5 Å². The van der Waals surface area contributed by atoms with E-state index in [1.807, 2.05) is 38.1 Å². The highest BCUT2D eigenvalue weighted by atomic mass is 19.4. The molecule has 214 valence electrons. The van der Waals surface area contributed by atoms with E-state index in [-0.39, 0.29) is 23.8 Å². The molecule has 1 amide bonds. The lowest BCUT2D eigenvalue weighted by Crippen LogP contribution is -2.47. The van der Waals surface area contributed by atoms with E-state index in [9.17, 15) is 40.4 Å². The number of halogens is 7. The van der Waals surface area contributed by atoms with Gasteiger partial charge in [0, 0.05) is 6.04 Å². The lowest BCUT2D eigenvalue weighted by molar-refractivity contribution is -0.143. The summed E-state index contributed by atoms with van der Waals surface area (Å²) in [5, 5.41) is 5.49. The Kier molecular flexibility index (Phi) is 9.09. The zero-order chi connectivity index (χ0) is 29.2. The maximum Gasteiger partial charge on any atom is 0.416 e. The van der Waals surface area contributed by atoms with Gasteiger partial charge in [-0.15, -0.1) is 0 Å². The molecule has 2 aromatic carbocycles. The fourth-order valence-corrected chi connectivity index (χ4v) is 5.32. The van der Waals surface area contributed by atoms with Crippen LogP contribution < -0.4 is 5.32 Å². The predicted molar refractivity (Wildman–Crippen MR) is 131 cm³/mol. The zero-order valence-corrected chi connectivity index (χ0v) is 21.7. The molecule has 2 fully saturated rings. The Balaban J connectivity index is 0.000000224. The molecule has 0 radical (unpaired) electrons. The third kappa shape index (κ3) is 7.14. The minimum absolute atomic E-state index is 0.00565. The van der Waals surface area contributed by atoms with E-state index in [1.54, 1.807) is 12.1 Å². The van der Waals surface area contributed by atoms with Crippen LogP contribution in [0.15, 0.2) is 47.6 Å². The highest BCUT2D eigenvalue weighted by Gasteiger charge is 2.49. The number of alkyl halides is 6. The molecule has 1 saturated carbocycles. The van der Waals surface area contributed by atoms with Crippen molar-refractivity contribution in [3.63, 3.8) is 0 Å². The van der Waals surface area contributed by atoms with Crippen LogP contribution >= 0.6 is 0 Å². The number of likely N-dealkylation sites (N-methyl/N-ethyl adjacent to an activating group) is 1. The first kappa shape index (κ1) is 30.5. The Bertz CT molecular complexity index is 1130. The molecular weight excluding hydrogens is 531 g/mol. The summed E-state index contributed by atoms with van der Waals surface area (Å²) in [4.78, 5) is 24.3. The maximum absolute atomic E-state index is 13.2. The largest absolute Gasteiger partial charge is 0.416 e. The number of nitrogens with one attached hydrogen (secondary N) is 1. The number of benzene rings is 2. The second-order valence-corrected chi connectivity index (χ2v) is 10.4. The molecule has 2 aromatic rings. The molecule has 0 aromatic heterocycles. The third-order valence-electron chi connectivity index (χ3n) is 7.69. The van der Waals surface area contributed by atoms with Gasteiger partial charge in [0.15, 0.2) is 0 Å². The number of carbonyl (C=O) groups is 1. The second kappa shape index (κ2) is 11.6. The molecule has 4 rings (SSSR count). The van der Waals surface area contributed by atoms with Crippen molar-refractivity contribution < 1.29 is 35.5 Å². The number of hydrogen-bond donors (Lipinski definition) is 1. The Morgan fingerprint density at radius 3 is 2.00 bits per heavy atom. The minimum Gasteiger partial charge on any atom is -0.351 e. The van der Waals surface area contributed by atoms with Gasteiger partial charge < -0.3 is 5.32 Å². The first-order valence-electron chi connectivity index (χ1n) is 12.4. The summed E-state index contributed by atoms with van der Waals surface area (Å²) in [5.41, 5.74) is -2.55. The highest BCUT2D eigenvalue weighted by Crippen LogP contribution is 2.45. The Labute approximate surface area is 221 Å². The molecule has 2 unspecified atom stereocenters. The molecule has 1 aliphatic carbocycles. The molecule has 39 heavy (non-hydrogen) atoms. The van der Waals surface area contributed by atoms with Crippen LogP contribution in [-0.2, 0) is 23.7 Å².